The fourth-order valence-electron chi connectivity index (χ4n) is 3.63. The van der Waals surface area contributed by atoms with Gasteiger partial charge in [0.1, 0.15) is 0 Å². The summed E-state index contributed by atoms with van der Waals surface area (Å²) in [7, 11) is -3.40. The Morgan fingerprint density at radius 1 is 1.03 bits per heavy atom. The maximum absolute atomic E-state index is 13.0. The van der Waals surface area contributed by atoms with Crippen LogP contribution in [0.5, 0.6) is 0 Å². The van der Waals surface area contributed by atoms with Crippen LogP contribution in [-0.2, 0) is 14.8 Å². The summed E-state index contributed by atoms with van der Waals surface area (Å²) in [5.74, 6) is 0.0240. The molecule has 0 aliphatic carbocycles. The first-order valence-corrected chi connectivity index (χ1v) is 12.0. The average Bonchev–Trinajstić information content (AvgIpc) is 3.01. The molecular weight excluding hydrogens is 412 g/mol. The predicted octanol–water partition coefficient (Wildman–Crippen LogP) is 1.63. The molecule has 0 N–H and O–H groups in total. The van der Waals surface area contributed by atoms with Crippen molar-refractivity contribution in [1.82, 2.24) is 9.80 Å². The maximum Gasteiger partial charge on any atom is 0.257 e. The Hall–Kier alpha value is -2.07. The van der Waals surface area contributed by atoms with E-state index in [2.05, 4.69) is 4.40 Å². The van der Waals surface area contributed by atoms with Crippen molar-refractivity contribution in [2.45, 2.75) is 25.7 Å². The normalized spacial score (nSPS) is 20.8. The van der Waals surface area contributed by atoms with Gasteiger partial charge in [-0.3, -0.25) is 9.59 Å². The van der Waals surface area contributed by atoms with Crippen molar-refractivity contribution in [3.63, 3.8) is 0 Å². The van der Waals surface area contributed by atoms with Gasteiger partial charge in [0, 0.05) is 48.6 Å². The van der Waals surface area contributed by atoms with Gasteiger partial charge in [-0.05, 0) is 30.0 Å². The molecule has 29 heavy (non-hydrogen) atoms. The summed E-state index contributed by atoms with van der Waals surface area (Å²) in [5, 5.41) is 0.449. The lowest BCUT2D eigenvalue weighted by molar-refractivity contribution is -0.140. The van der Waals surface area contributed by atoms with E-state index in [4.69, 9.17) is 0 Å². The summed E-state index contributed by atoms with van der Waals surface area (Å²) in [6.45, 7) is 8.14. The van der Waals surface area contributed by atoms with Gasteiger partial charge in [0.2, 0.25) is 5.91 Å². The van der Waals surface area contributed by atoms with E-state index in [-0.39, 0.29) is 17.6 Å². The summed E-state index contributed by atoms with van der Waals surface area (Å²) in [6.07, 6.45) is 0. The molecule has 2 amide bonds. The summed E-state index contributed by atoms with van der Waals surface area (Å²) >= 11 is 1.28. The van der Waals surface area contributed by atoms with Gasteiger partial charge in [-0.1, -0.05) is 20.8 Å². The van der Waals surface area contributed by atoms with E-state index >= 15 is 0 Å². The molecule has 0 spiro atoms. The molecule has 3 heterocycles. The Morgan fingerprint density at radius 2 is 1.69 bits per heavy atom. The minimum atomic E-state index is -3.40. The van der Waals surface area contributed by atoms with Crippen molar-refractivity contribution in [2.24, 2.45) is 9.81 Å². The van der Waals surface area contributed by atoms with Gasteiger partial charge in [-0.25, -0.2) is 8.42 Å². The molecule has 1 aromatic carbocycles. The zero-order valence-corrected chi connectivity index (χ0v) is 18.3. The Morgan fingerprint density at radius 3 is 2.34 bits per heavy atom. The lowest BCUT2D eigenvalue weighted by Gasteiger charge is -2.37. The van der Waals surface area contributed by atoms with Crippen molar-refractivity contribution >= 4 is 44.5 Å². The first-order chi connectivity index (χ1) is 13.5. The Balaban J connectivity index is 1.47. The largest absolute Gasteiger partial charge is 0.339 e. The third-order valence-electron chi connectivity index (χ3n) is 5.22. The number of carbonyl (C=O) groups excluding carboxylic acids is 2. The summed E-state index contributed by atoms with van der Waals surface area (Å²) < 4.78 is 27.3. The third-order valence-corrected chi connectivity index (χ3v) is 7.52. The molecule has 0 saturated carbocycles. The number of rotatable bonds is 1. The summed E-state index contributed by atoms with van der Waals surface area (Å²) in [5.41, 5.74) is 1.03. The van der Waals surface area contributed by atoms with Crippen LogP contribution in [0.3, 0.4) is 0 Å². The first-order valence-electron chi connectivity index (χ1n) is 9.56. The number of sulfonamides is 1. The molecule has 0 radical (unpaired) electrons. The minimum absolute atomic E-state index is 0.00521. The van der Waals surface area contributed by atoms with E-state index in [0.29, 0.717) is 43.5 Å². The van der Waals surface area contributed by atoms with Gasteiger partial charge >= 0.3 is 0 Å². The second kappa shape index (κ2) is 7.02. The second-order valence-corrected chi connectivity index (χ2v) is 11.2. The monoisotopic (exact) mass is 436 g/mol. The molecule has 0 atom stereocenters. The van der Waals surface area contributed by atoms with Crippen molar-refractivity contribution in [3.8, 4) is 0 Å². The van der Waals surface area contributed by atoms with Gasteiger partial charge in [0.05, 0.1) is 11.4 Å². The number of benzene rings is 1. The highest BCUT2D eigenvalue weighted by Crippen LogP contribution is 2.42. The predicted molar refractivity (Wildman–Crippen MR) is 113 cm³/mol. The molecule has 3 aliphatic heterocycles. The molecular formula is C19H24N4O4S2. The highest BCUT2D eigenvalue weighted by atomic mass is 32.2. The molecule has 1 saturated heterocycles. The fraction of sp³-hybridized carbons (Fsp3) is 0.526. The van der Waals surface area contributed by atoms with Gasteiger partial charge < -0.3 is 14.7 Å². The van der Waals surface area contributed by atoms with Crippen LogP contribution in [0.25, 0.3) is 0 Å². The Bertz CT molecular complexity index is 1010. The standard InChI is InChI=1S/C19H24N4O4S2/c1-19(2,3)17(25)22-8-6-21(7-9-22)16(24)13-4-5-14-15(12-13)28-18-20-29(26,27)11-10-23(14)18/h4-5,12H,6-11H2,1-3H3. The second-order valence-electron chi connectivity index (χ2n) is 8.43. The number of fused-ring (bicyclic) bond motifs is 3. The van der Waals surface area contributed by atoms with E-state index in [0.717, 1.165) is 10.6 Å². The van der Waals surface area contributed by atoms with Crippen LogP contribution in [0.2, 0.25) is 0 Å². The number of hydrogen-bond acceptors (Lipinski definition) is 6. The lowest BCUT2D eigenvalue weighted by atomic mass is 9.94. The van der Waals surface area contributed by atoms with E-state index in [9.17, 15) is 18.0 Å². The van der Waals surface area contributed by atoms with Crippen molar-refractivity contribution in [2.75, 3.05) is 43.4 Å². The number of nitrogens with zero attached hydrogens (tertiary/aromatic N) is 4. The molecule has 4 rings (SSSR count). The number of hydrogen-bond donors (Lipinski definition) is 0. The molecule has 1 aromatic rings. The smallest absolute Gasteiger partial charge is 0.257 e. The van der Waals surface area contributed by atoms with Crippen LogP contribution in [0.1, 0.15) is 31.1 Å². The van der Waals surface area contributed by atoms with Crippen molar-refractivity contribution in [3.05, 3.63) is 23.8 Å². The third kappa shape index (κ3) is 3.87. The summed E-state index contributed by atoms with van der Waals surface area (Å²) in [6, 6.07) is 5.44. The van der Waals surface area contributed by atoms with Gasteiger partial charge in [-0.15, -0.1) is 4.40 Å². The highest BCUT2D eigenvalue weighted by molar-refractivity contribution is 8.15. The quantitative estimate of drug-likeness (QED) is 0.665. The van der Waals surface area contributed by atoms with Gasteiger partial charge in [0.15, 0.2) is 5.17 Å². The zero-order valence-electron chi connectivity index (χ0n) is 16.7. The van der Waals surface area contributed by atoms with Gasteiger partial charge in [-0.2, -0.15) is 0 Å². The Labute approximate surface area is 175 Å². The van der Waals surface area contributed by atoms with Crippen LogP contribution in [0, 0.1) is 5.41 Å². The fourth-order valence-corrected chi connectivity index (χ4v) is 5.93. The Kier molecular flexibility index (Phi) is 4.89. The van der Waals surface area contributed by atoms with E-state index < -0.39 is 15.4 Å². The minimum Gasteiger partial charge on any atom is -0.339 e. The SMILES string of the molecule is CC(C)(C)C(=O)N1CCN(C(=O)c2ccc3c(c2)SC2=NS(=O)(=O)CCN23)CC1. The number of thioether (sulfide) groups is 1. The number of anilines is 1. The van der Waals surface area contributed by atoms with Crippen molar-refractivity contribution in [1.29, 1.82) is 0 Å². The van der Waals surface area contributed by atoms with E-state index in [1.807, 2.05) is 42.7 Å². The van der Waals surface area contributed by atoms with Crippen LogP contribution < -0.4 is 4.90 Å². The van der Waals surface area contributed by atoms with Crippen LogP contribution >= 0.6 is 11.8 Å². The zero-order chi connectivity index (χ0) is 21.0. The number of amides is 2. The van der Waals surface area contributed by atoms with E-state index in [1.165, 1.54) is 11.8 Å². The maximum atomic E-state index is 13.0. The molecule has 1 fully saturated rings. The van der Waals surface area contributed by atoms with Crippen LogP contribution in [0.4, 0.5) is 5.69 Å². The van der Waals surface area contributed by atoms with Crippen LogP contribution in [-0.4, -0.2) is 73.7 Å². The molecule has 0 aromatic heterocycles. The number of amidine groups is 1. The topological polar surface area (TPSA) is 90.4 Å². The molecule has 3 aliphatic rings. The molecule has 10 heteroatoms. The first kappa shape index (κ1) is 20.2. The number of piperazine rings is 1. The number of carbonyl (C=O) groups is 2. The lowest BCUT2D eigenvalue weighted by Crippen LogP contribution is -2.53. The van der Waals surface area contributed by atoms with Crippen LogP contribution in [0.15, 0.2) is 27.5 Å². The highest BCUT2D eigenvalue weighted by Gasteiger charge is 2.35. The van der Waals surface area contributed by atoms with Crippen molar-refractivity contribution < 1.29 is 18.0 Å². The average molecular weight is 437 g/mol. The molecule has 156 valence electrons. The molecule has 0 unspecified atom stereocenters. The summed E-state index contributed by atoms with van der Waals surface area (Å²) in [4.78, 5) is 31.7. The molecule has 0 bridgehead atoms. The molecule has 8 nitrogen and oxygen atoms in total. The van der Waals surface area contributed by atoms with E-state index in [1.54, 1.807) is 11.0 Å². The van der Waals surface area contributed by atoms with Gasteiger partial charge in [0.25, 0.3) is 15.9 Å².